The van der Waals surface area contributed by atoms with Crippen LogP contribution in [-0.2, 0) is 28.7 Å². The summed E-state index contributed by atoms with van der Waals surface area (Å²) in [6.45, 7) is 12.5. The minimum atomic E-state index is -1.33. The van der Waals surface area contributed by atoms with Crippen molar-refractivity contribution in [1.82, 2.24) is 10.2 Å². The summed E-state index contributed by atoms with van der Waals surface area (Å²) in [5.41, 5.74) is 0.602. The van der Waals surface area contributed by atoms with E-state index in [4.69, 9.17) is 21.1 Å². The van der Waals surface area contributed by atoms with Gasteiger partial charge in [0.15, 0.2) is 0 Å². The molecular weight excluding hydrogens is 634 g/mol. The van der Waals surface area contributed by atoms with Crippen molar-refractivity contribution in [1.29, 1.82) is 0 Å². The number of hydrogen-bond donors (Lipinski definition) is 2. The number of carbonyl (C=O) groups excluding carboxylic acids is 4. The fourth-order valence-corrected chi connectivity index (χ4v) is 8.00. The Morgan fingerprint density at radius 3 is 2.54 bits per heavy atom. The molecule has 0 aromatic heterocycles. The summed E-state index contributed by atoms with van der Waals surface area (Å²) in [6, 6.07) is 12.0. The molecule has 2 N–H and O–H groups in total. The number of amides is 3. The summed E-state index contributed by atoms with van der Waals surface area (Å²) in [6.07, 6.45) is 3.28. The van der Waals surface area contributed by atoms with Crippen LogP contribution in [0.1, 0.15) is 56.8 Å². The Bertz CT molecular complexity index is 1550. The monoisotopic (exact) mass is 677 g/mol. The fraction of sp³-hybridized carbons (Fsp3) is 0.459. The Kier molecular flexibility index (Phi) is 10.8. The maximum atomic E-state index is 14.7. The predicted molar refractivity (Wildman–Crippen MR) is 182 cm³/mol. The second-order valence-electron chi connectivity index (χ2n) is 12.9. The quantitative estimate of drug-likeness (QED) is 0.220. The first kappa shape index (κ1) is 35.3. The lowest BCUT2D eigenvalue weighted by Crippen LogP contribution is -2.58. The van der Waals surface area contributed by atoms with Crippen LogP contribution in [0.5, 0.6) is 0 Å². The van der Waals surface area contributed by atoms with E-state index in [1.807, 2.05) is 43.3 Å². The molecule has 0 aliphatic carbocycles. The summed E-state index contributed by atoms with van der Waals surface area (Å²) in [4.78, 5) is 58.9. The number of aliphatic hydroxyl groups excluding tert-OH is 1. The van der Waals surface area contributed by atoms with Crippen molar-refractivity contribution in [3.05, 3.63) is 90.0 Å². The molecule has 2 bridgehead atoms. The SMILES string of the molecule is C=CCCC(=O)N[C@H](C)[C@@H](OC(=O)[C@@H]1[C@H]2C(=O)N([C@H](C)CO)[C@H](C(=O)N(CC=C)c3c(C)cccc3Cl)[C@]23CC[C@H]1O3)c1ccccc1. The second kappa shape index (κ2) is 14.6. The number of nitrogens with zero attached hydrogens (tertiary/aromatic N) is 2. The number of carbonyl (C=O) groups is 4. The molecule has 256 valence electrons. The van der Waals surface area contributed by atoms with Gasteiger partial charge in [-0.2, -0.15) is 0 Å². The molecule has 0 saturated carbocycles. The van der Waals surface area contributed by atoms with E-state index in [1.54, 1.807) is 38.1 Å². The van der Waals surface area contributed by atoms with Crippen molar-refractivity contribution in [2.75, 3.05) is 18.1 Å². The van der Waals surface area contributed by atoms with E-state index in [9.17, 15) is 24.3 Å². The number of likely N-dealkylation sites (tertiary alicyclic amines) is 1. The molecule has 0 unspecified atom stereocenters. The van der Waals surface area contributed by atoms with Crippen molar-refractivity contribution in [3.8, 4) is 0 Å². The molecule has 3 amide bonds. The minimum absolute atomic E-state index is 0.111. The van der Waals surface area contributed by atoms with Gasteiger partial charge in [-0.1, -0.05) is 66.2 Å². The van der Waals surface area contributed by atoms with Gasteiger partial charge >= 0.3 is 5.97 Å². The van der Waals surface area contributed by atoms with Crippen molar-refractivity contribution in [2.24, 2.45) is 11.8 Å². The van der Waals surface area contributed by atoms with Gasteiger partial charge in [0.2, 0.25) is 11.8 Å². The van der Waals surface area contributed by atoms with Gasteiger partial charge in [0, 0.05) is 13.0 Å². The summed E-state index contributed by atoms with van der Waals surface area (Å²) in [7, 11) is 0. The van der Waals surface area contributed by atoms with E-state index in [0.717, 1.165) is 5.56 Å². The Balaban J connectivity index is 1.50. The van der Waals surface area contributed by atoms with E-state index in [0.29, 0.717) is 35.5 Å². The van der Waals surface area contributed by atoms with Crippen LogP contribution in [0.3, 0.4) is 0 Å². The Morgan fingerprint density at radius 2 is 1.90 bits per heavy atom. The Morgan fingerprint density at radius 1 is 1.17 bits per heavy atom. The number of benzene rings is 2. The third-order valence-electron chi connectivity index (χ3n) is 9.81. The molecule has 3 aliphatic heterocycles. The lowest BCUT2D eigenvalue weighted by atomic mass is 9.70. The zero-order valence-electron chi connectivity index (χ0n) is 27.6. The average molecular weight is 678 g/mol. The summed E-state index contributed by atoms with van der Waals surface area (Å²) >= 11 is 6.63. The first-order valence-corrected chi connectivity index (χ1v) is 16.8. The van der Waals surface area contributed by atoms with Gasteiger partial charge in [-0.15, -0.1) is 13.2 Å². The van der Waals surface area contributed by atoms with Crippen LogP contribution >= 0.6 is 11.6 Å². The first-order valence-electron chi connectivity index (χ1n) is 16.4. The molecule has 2 aromatic rings. The fourth-order valence-electron chi connectivity index (χ4n) is 7.67. The molecule has 0 radical (unpaired) electrons. The van der Waals surface area contributed by atoms with Crippen molar-refractivity contribution in [3.63, 3.8) is 0 Å². The highest BCUT2D eigenvalue weighted by atomic mass is 35.5. The molecule has 3 aliphatic rings. The highest BCUT2D eigenvalue weighted by Gasteiger charge is 2.75. The lowest BCUT2D eigenvalue weighted by molar-refractivity contribution is -0.162. The standard InChI is InChI=1S/C37H44ClN3O7/c1-6-8-17-28(43)39-24(5)32(25-14-10-9-11-15-25)47-36(46)29-27-18-19-37(48-27)30(29)34(44)41(23(4)21-42)33(37)35(45)40(20-7-2)31-22(3)13-12-16-26(31)38/h6-7,9-16,23-24,27,29-30,32-33,42H,1-2,8,17-21H2,3-5H3,(H,39,43)/t23-,24-,27-,29+,30+,32-,33-,37+/m1/s1. The smallest absolute Gasteiger partial charge is 0.313 e. The van der Waals surface area contributed by atoms with E-state index in [1.165, 1.54) is 9.80 Å². The average Bonchev–Trinajstić information content (AvgIpc) is 3.72. The van der Waals surface area contributed by atoms with Gasteiger partial charge in [-0.05, 0) is 57.2 Å². The molecule has 3 heterocycles. The molecule has 1 spiro atoms. The third kappa shape index (κ3) is 6.29. The number of aliphatic hydroxyl groups is 1. The van der Waals surface area contributed by atoms with Gasteiger partial charge in [0.25, 0.3) is 5.91 Å². The molecule has 8 atom stereocenters. The van der Waals surface area contributed by atoms with E-state index >= 15 is 0 Å². The van der Waals surface area contributed by atoms with Crippen LogP contribution in [0.15, 0.2) is 73.8 Å². The largest absolute Gasteiger partial charge is 0.455 e. The van der Waals surface area contributed by atoms with Crippen LogP contribution in [0.25, 0.3) is 0 Å². The number of rotatable bonds is 14. The van der Waals surface area contributed by atoms with Gasteiger partial charge in [0.1, 0.15) is 17.7 Å². The topological polar surface area (TPSA) is 125 Å². The van der Waals surface area contributed by atoms with Gasteiger partial charge in [-0.3, -0.25) is 19.2 Å². The number of hydrogen-bond acceptors (Lipinski definition) is 7. The van der Waals surface area contributed by atoms with E-state index < -0.39 is 72.2 Å². The number of esters is 1. The van der Waals surface area contributed by atoms with Crippen LogP contribution < -0.4 is 10.2 Å². The van der Waals surface area contributed by atoms with E-state index in [-0.39, 0.29) is 18.9 Å². The van der Waals surface area contributed by atoms with Crippen LogP contribution in [0, 0.1) is 18.8 Å². The Hall–Kier alpha value is -3.99. The van der Waals surface area contributed by atoms with Crippen molar-refractivity contribution < 1.29 is 33.8 Å². The van der Waals surface area contributed by atoms with Gasteiger partial charge in [-0.25, -0.2) is 0 Å². The number of halogens is 1. The molecule has 48 heavy (non-hydrogen) atoms. The number of nitrogens with one attached hydrogen (secondary N) is 1. The molecule has 3 saturated heterocycles. The molecular formula is C37H44ClN3O7. The third-order valence-corrected chi connectivity index (χ3v) is 10.1. The predicted octanol–water partition coefficient (Wildman–Crippen LogP) is 4.68. The number of allylic oxidation sites excluding steroid dienone is 1. The summed E-state index contributed by atoms with van der Waals surface area (Å²) < 4.78 is 12.8. The first-order chi connectivity index (χ1) is 23.0. The zero-order valence-corrected chi connectivity index (χ0v) is 28.4. The van der Waals surface area contributed by atoms with Crippen molar-refractivity contribution >= 4 is 41.0 Å². The van der Waals surface area contributed by atoms with Gasteiger partial charge in [0.05, 0.1) is 47.3 Å². The zero-order chi connectivity index (χ0) is 34.7. The minimum Gasteiger partial charge on any atom is -0.455 e. The van der Waals surface area contributed by atoms with Crippen molar-refractivity contribution in [2.45, 2.75) is 82.4 Å². The highest BCUT2D eigenvalue weighted by molar-refractivity contribution is 6.34. The second-order valence-corrected chi connectivity index (χ2v) is 13.3. The molecule has 3 fully saturated rings. The lowest BCUT2D eigenvalue weighted by Gasteiger charge is -2.39. The number of fused-ring (bicyclic) bond motifs is 1. The van der Waals surface area contributed by atoms with Crippen LogP contribution in [0.2, 0.25) is 5.02 Å². The Labute approximate surface area is 286 Å². The molecule has 2 aromatic carbocycles. The molecule has 5 rings (SSSR count). The summed E-state index contributed by atoms with van der Waals surface area (Å²) in [5.74, 6) is -3.75. The molecule has 10 nitrogen and oxygen atoms in total. The normalized spacial score (nSPS) is 25.9. The van der Waals surface area contributed by atoms with Crippen LogP contribution in [-0.4, -0.2) is 76.7 Å². The van der Waals surface area contributed by atoms with Gasteiger partial charge < -0.3 is 29.7 Å². The summed E-state index contributed by atoms with van der Waals surface area (Å²) in [5, 5.41) is 13.6. The maximum Gasteiger partial charge on any atom is 0.313 e. The maximum absolute atomic E-state index is 14.7. The number of ether oxygens (including phenoxy) is 2. The molecule has 11 heteroatoms. The number of anilines is 1. The highest BCUT2D eigenvalue weighted by Crippen LogP contribution is 2.59. The van der Waals surface area contributed by atoms with E-state index in [2.05, 4.69) is 18.5 Å². The number of para-hydroxylation sites is 1. The number of aryl methyl sites for hydroxylation is 1. The van der Waals surface area contributed by atoms with Crippen LogP contribution in [0.4, 0.5) is 5.69 Å².